The molecule has 1 aliphatic carbocycles. The molecule has 3 heteroatoms. The number of para-hydroxylation sites is 2. The number of imidazole rings is 1. The fraction of sp³-hybridized carbons (Fsp3) is 0.500. The van der Waals surface area contributed by atoms with Crippen molar-refractivity contribution >= 4 is 11.0 Å². The monoisotopic (exact) mass is 229 g/mol. The zero-order valence-corrected chi connectivity index (χ0v) is 10.4. The molecule has 0 aliphatic heterocycles. The van der Waals surface area contributed by atoms with E-state index in [1.165, 1.54) is 0 Å². The number of hydrogen-bond acceptors (Lipinski definition) is 2. The molecule has 1 aromatic heterocycles. The molecule has 3 rings (SSSR count). The number of nitrogens with zero attached hydrogens (tertiary/aromatic N) is 1. The first-order chi connectivity index (χ1) is 8.09. The first-order valence-electron chi connectivity index (χ1n) is 6.28. The molecule has 0 bridgehead atoms. The van der Waals surface area contributed by atoms with Gasteiger partial charge in [0.25, 0.3) is 0 Å². The summed E-state index contributed by atoms with van der Waals surface area (Å²) in [4.78, 5) is 7.96. The van der Waals surface area contributed by atoms with Gasteiger partial charge in [-0.2, -0.15) is 0 Å². The van der Waals surface area contributed by atoms with Crippen LogP contribution in [0.2, 0.25) is 0 Å². The number of benzene rings is 1. The highest BCUT2D eigenvalue weighted by molar-refractivity contribution is 5.74. The van der Waals surface area contributed by atoms with Crippen LogP contribution < -0.4 is 5.73 Å². The van der Waals surface area contributed by atoms with Crippen molar-refractivity contribution in [1.82, 2.24) is 9.97 Å². The van der Waals surface area contributed by atoms with Crippen molar-refractivity contribution in [2.24, 2.45) is 17.1 Å². The Morgan fingerprint density at radius 1 is 1.35 bits per heavy atom. The van der Waals surface area contributed by atoms with Gasteiger partial charge < -0.3 is 10.7 Å². The summed E-state index contributed by atoms with van der Waals surface area (Å²) < 4.78 is 0. The molecule has 17 heavy (non-hydrogen) atoms. The topological polar surface area (TPSA) is 54.7 Å². The number of rotatable bonds is 3. The predicted octanol–water partition coefficient (Wildman–Crippen LogP) is 2.48. The van der Waals surface area contributed by atoms with Gasteiger partial charge >= 0.3 is 0 Å². The molecule has 1 heterocycles. The Balaban J connectivity index is 1.70. The van der Waals surface area contributed by atoms with Crippen LogP contribution in [0, 0.1) is 11.3 Å². The van der Waals surface area contributed by atoms with Crippen LogP contribution in [0.5, 0.6) is 0 Å². The van der Waals surface area contributed by atoms with Gasteiger partial charge in [0.2, 0.25) is 0 Å². The predicted molar refractivity (Wildman–Crippen MR) is 69.7 cm³/mol. The number of fused-ring (bicyclic) bond motifs is 1. The lowest BCUT2D eigenvalue weighted by atomic mass is 10.1. The minimum absolute atomic E-state index is 0.325. The lowest BCUT2D eigenvalue weighted by Gasteiger charge is -2.00. The summed E-state index contributed by atoms with van der Waals surface area (Å²) in [7, 11) is 0. The summed E-state index contributed by atoms with van der Waals surface area (Å²) in [5.74, 6) is 1.73. The second kappa shape index (κ2) is 3.57. The Morgan fingerprint density at radius 2 is 2.06 bits per heavy atom. The molecule has 1 aromatic carbocycles. The van der Waals surface area contributed by atoms with E-state index in [2.05, 4.69) is 29.9 Å². The van der Waals surface area contributed by atoms with Gasteiger partial charge in [0, 0.05) is 12.5 Å². The molecule has 2 atom stereocenters. The zero-order valence-electron chi connectivity index (χ0n) is 10.4. The maximum Gasteiger partial charge on any atom is 0.107 e. The van der Waals surface area contributed by atoms with Crippen molar-refractivity contribution < 1.29 is 0 Å². The quantitative estimate of drug-likeness (QED) is 0.849. The smallest absolute Gasteiger partial charge is 0.107 e. The van der Waals surface area contributed by atoms with Crippen LogP contribution in [0.1, 0.15) is 26.1 Å². The molecule has 0 radical (unpaired) electrons. The van der Waals surface area contributed by atoms with Crippen molar-refractivity contribution in [3.05, 3.63) is 30.1 Å². The number of hydrogen-bond donors (Lipinski definition) is 2. The van der Waals surface area contributed by atoms with Crippen molar-refractivity contribution in [2.45, 2.75) is 32.7 Å². The number of aromatic amines is 1. The second-order valence-corrected chi connectivity index (χ2v) is 5.69. The van der Waals surface area contributed by atoms with Gasteiger partial charge in [0.1, 0.15) is 5.82 Å². The van der Waals surface area contributed by atoms with E-state index in [1.54, 1.807) is 0 Å². The number of nitrogens with two attached hydrogens (primary N) is 1. The Hall–Kier alpha value is -1.35. The van der Waals surface area contributed by atoms with Crippen molar-refractivity contribution in [1.29, 1.82) is 0 Å². The van der Waals surface area contributed by atoms with E-state index in [1.807, 2.05) is 18.2 Å². The maximum atomic E-state index is 6.05. The van der Waals surface area contributed by atoms with Crippen molar-refractivity contribution in [3.63, 3.8) is 0 Å². The summed E-state index contributed by atoms with van der Waals surface area (Å²) in [6.07, 6.45) is 2.13. The summed E-state index contributed by atoms with van der Waals surface area (Å²) in [5.41, 5.74) is 8.56. The van der Waals surface area contributed by atoms with E-state index in [4.69, 9.17) is 5.73 Å². The standard InChI is InChI=1S/C14H19N3/c1-14(2)9(13(14)15)7-8-12-16-10-5-3-4-6-11(10)17-12/h3-6,9,13H,7-8,15H2,1-2H3,(H,16,17). The molecule has 2 unspecified atom stereocenters. The van der Waals surface area contributed by atoms with Crippen LogP contribution in [0.4, 0.5) is 0 Å². The van der Waals surface area contributed by atoms with E-state index >= 15 is 0 Å². The Bertz CT molecular complexity index is 508. The normalized spacial score (nSPS) is 26.3. The van der Waals surface area contributed by atoms with Gasteiger partial charge in [-0.15, -0.1) is 0 Å². The van der Waals surface area contributed by atoms with Gasteiger partial charge in [-0.3, -0.25) is 0 Å². The molecule has 1 fully saturated rings. The van der Waals surface area contributed by atoms with E-state index in [9.17, 15) is 0 Å². The Labute approximate surface area is 101 Å². The van der Waals surface area contributed by atoms with Crippen LogP contribution in [0.25, 0.3) is 11.0 Å². The molecule has 0 saturated heterocycles. The van der Waals surface area contributed by atoms with Gasteiger partial charge in [0.15, 0.2) is 0 Å². The second-order valence-electron chi connectivity index (χ2n) is 5.69. The Kier molecular flexibility index (Phi) is 2.26. The number of aryl methyl sites for hydroxylation is 1. The molecule has 2 aromatic rings. The summed E-state index contributed by atoms with van der Waals surface area (Å²) in [6.45, 7) is 4.50. The summed E-state index contributed by atoms with van der Waals surface area (Å²) >= 11 is 0. The molecule has 90 valence electrons. The third-order valence-electron chi connectivity index (χ3n) is 4.27. The number of aromatic nitrogens is 2. The largest absolute Gasteiger partial charge is 0.342 e. The van der Waals surface area contributed by atoms with Gasteiger partial charge in [-0.25, -0.2) is 4.98 Å². The van der Waals surface area contributed by atoms with Crippen molar-refractivity contribution in [3.8, 4) is 0 Å². The van der Waals surface area contributed by atoms with Crippen LogP contribution in [0.3, 0.4) is 0 Å². The van der Waals surface area contributed by atoms with Crippen LogP contribution >= 0.6 is 0 Å². The number of H-pyrrole nitrogens is 1. The van der Waals surface area contributed by atoms with Gasteiger partial charge in [-0.05, 0) is 29.9 Å². The summed E-state index contributed by atoms with van der Waals surface area (Å²) in [5, 5.41) is 0. The molecular formula is C14H19N3. The van der Waals surface area contributed by atoms with E-state index in [-0.39, 0.29) is 0 Å². The van der Waals surface area contributed by atoms with Crippen LogP contribution in [-0.4, -0.2) is 16.0 Å². The Morgan fingerprint density at radius 3 is 2.71 bits per heavy atom. The molecule has 0 spiro atoms. The molecule has 0 amide bonds. The third kappa shape index (κ3) is 1.75. The van der Waals surface area contributed by atoms with Crippen molar-refractivity contribution in [2.75, 3.05) is 0 Å². The lowest BCUT2D eigenvalue weighted by molar-refractivity contribution is 0.526. The first-order valence-corrected chi connectivity index (χ1v) is 6.28. The maximum absolute atomic E-state index is 6.05. The van der Waals surface area contributed by atoms with Crippen LogP contribution in [0.15, 0.2) is 24.3 Å². The highest BCUT2D eigenvalue weighted by atomic mass is 14.9. The first kappa shape index (κ1) is 10.8. The lowest BCUT2D eigenvalue weighted by Crippen LogP contribution is -2.06. The van der Waals surface area contributed by atoms with E-state index in [0.717, 1.165) is 29.7 Å². The fourth-order valence-corrected chi connectivity index (χ4v) is 2.75. The zero-order chi connectivity index (χ0) is 12.0. The highest BCUT2D eigenvalue weighted by Crippen LogP contribution is 2.52. The average molecular weight is 229 g/mol. The van der Waals surface area contributed by atoms with Gasteiger partial charge in [0.05, 0.1) is 11.0 Å². The summed E-state index contributed by atoms with van der Waals surface area (Å²) in [6, 6.07) is 8.53. The molecule has 3 N–H and O–H groups in total. The van der Waals surface area contributed by atoms with E-state index in [0.29, 0.717) is 17.4 Å². The average Bonchev–Trinajstić information content (AvgIpc) is 2.65. The molecule has 1 saturated carbocycles. The molecular weight excluding hydrogens is 210 g/mol. The minimum Gasteiger partial charge on any atom is -0.342 e. The van der Waals surface area contributed by atoms with Gasteiger partial charge in [-0.1, -0.05) is 26.0 Å². The molecule has 3 nitrogen and oxygen atoms in total. The van der Waals surface area contributed by atoms with E-state index < -0.39 is 0 Å². The highest BCUT2D eigenvalue weighted by Gasteiger charge is 2.54. The van der Waals surface area contributed by atoms with Crippen LogP contribution in [-0.2, 0) is 6.42 Å². The fourth-order valence-electron chi connectivity index (χ4n) is 2.75. The minimum atomic E-state index is 0.325. The molecule has 1 aliphatic rings. The number of nitrogens with one attached hydrogen (secondary N) is 1. The third-order valence-corrected chi connectivity index (χ3v) is 4.27. The SMILES string of the molecule is CC1(C)C(N)C1CCc1nc2ccccc2[nH]1.